The third-order valence-electron chi connectivity index (χ3n) is 3.89. The van der Waals surface area contributed by atoms with Crippen molar-refractivity contribution >= 4 is 0 Å². The minimum absolute atomic E-state index is 0.0492. The van der Waals surface area contributed by atoms with Crippen molar-refractivity contribution in [2.75, 3.05) is 0 Å². The molecular formula is C18H19N3O2. The molecule has 3 aromatic rings. The molecule has 0 N–H and O–H groups in total. The molecule has 0 fully saturated rings. The number of hydrogen-bond acceptors (Lipinski definition) is 4. The van der Waals surface area contributed by atoms with Crippen molar-refractivity contribution in [2.24, 2.45) is 0 Å². The van der Waals surface area contributed by atoms with Crippen LogP contribution >= 0.6 is 0 Å². The molecule has 0 aliphatic heterocycles. The topological polar surface area (TPSA) is 60.9 Å². The van der Waals surface area contributed by atoms with E-state index in [2.05, 4.69) is 10.3 Å². The fourth-order valence-electron chi connectivity index (χ4n) is 2.68. The fraction of sp³-hybridized carbons (Fsp3) is 0.278. The standard InChI is InChI=1S/C18H19N3O2/c1-4-15-10-16(17-12(2)20-23-13(17)3)19-21(18(15)22)11-14-8-6-5-7-9-14/h5-10H,4,11H2,1-3H3. The molecule has 5 nitrogen and oxygen atoms in total. The van der Waals surface area contributed by atoms with Gasteiger partial charge in [-0.25, -0.2) is 4.68 Å². The van der Waals surface area contributed by atoms with Crippen LogP contribution < -0.4 is 5.56 Å². The number of nitrogens with zero attached hydrogens (tertiary/aromatic N) is 3. The molecule has 0 aliphatic carbocycles. The van der Waals surface area contributed by atoms with E-state index in [4.69, 9.17) is 4.52 Å². The van der Waals surface area contributed by atoms with Crippen LogP contribution in [0.3, 0.4) is 0 Å². The summed E-state index contributed by atoms with van der Waals surface area (Å²) in [6.45, 7) is 6.16. The molecule has 0 unspecified atom stereocenters. The SMILES string of the molecule is CCc1cc(-c2c(C)noc2C)nn(Cc2ccccc2)c1=O. The van der Waals surface area contributed by atoms with Gasteiger partial charge in [-0.1, -0.05) is 42.4 Å². The second kappa shape index (κ2) is 6.20. The van der Waals surface area contributed by atoms with Crippen LogP contribution in [0, 0.1) is 13.8 Å². The lowest BCUT2D eigenvalue weighted by Crippen LogP contribution is -2.27. The van der Waals surface area contributed by atoms with E-state index in [1.165, 1.54) is 4.68 Å². The lowest BCUT2D eigenvalue weighted by Gasteiger charge is -2.10. The molecule has 0 spiro atoms. The van der Waals surface area contributed by atoms with E-state index in [1.807, 2.05) is 57.2 Å². The maximum atomic E-state index is 12.6. The number of benzene rings is 1. The minimum atomic E-state index is -0.0492. The Hall–Kier alpha value is -2.69. The zero-order chi connectivity index (χ0) is 16.4. The summed E-state index contributed by atoms with van der Waals surface area (Å²) in [5, 5.41) is 8.53. The first-order valence-electron chi connectivity index (χ1n) is 7.68. The van der Waals surface area contributed by atoms with Crippen molar-refractivity contribution in [3.8, 4) is 11.3 Å². The van der Waals surface area contributed by atoms with Crippen molar-refractivity contribution in [3.63, 3.8) is 0 Å². The number of aryl methyl sites for hydroxylation is 3. The lowest BCUT2D eigenvalue weighted by molar-refractivity contribution is 0.393. The average molecular weight is 309 g/mol. The summed E-state index contributed by atoms with van der Waals surface area (Å²) in [7, 11) is 0. The van der Waals surface area contributed by atoms with Gasteiger partial charge in [0.1, 0.15) is 5.76 Å². The first-order valence-corrected chi connectivity index (χ1v) is 7.68. The van der Waals surface area contributed by atoms with Gasteiger partial charge >= 0.3 is 0 Å². The van der Waals surface area contributed by atoms with Gasteiger partial charge in [0.15, 0.2) is 0 Å². The van der Waals surface area contributed by atoms with Gasteiger partial charge < -0.3 is 4.52 Å². The molecule has 0 aliphatic rings. The summed E-state index contributed by atoms with van der Waals surface area (Å²) in [6, 6.07) is 11.7. The van der Waals surface area contributed by atoms with Gasteiger partial charge in [-0.15, -0.1) is 0 Å². The predicted molar refractivity (Wildman–Crippen MR) is 88.4 cm³/mol. The van der Waals surface area contributed by atoms with Crippen LogP contribution in [-0.2, 0) is 13.0 Å². The van der Waals surface area contributed by atoms with Gasteiger partial charge in [0.25, 0.3) is 5.56 Å². The quantitative estimate of drug-likeness (QED) is 0.743. The Balaban J connectivity index is 2.13. The van der Waals surface area contributed by atoms with Crippen LogP contribution in [0.25, 0.3) is 11.3 Å². The van der Waals surface area contributed by atoms with E-state index >= 15 is 0 Å². The van der Waals surface area contributed by atoms with E-state index in [1.54, 1.807) is 0 Å². The molecule has 0 bridgehead atoms. The maximum absolute atomic E-state index is 12.6. The van der Waals surface area contributed by atoms with Gasteiger partial charge in [0.2, 0.25) is 0 Å². The van der Waals surface area contributed by atoms with E-state index < -0.39 is 0 Å². The molecule has 0 atom stereocenters. The maximum Gasteiger partial charge on any atom is 0.270 e. The Labute approximate surface area is 134 Å². The van der Waals surface area contributed by atoms with E-state index in [9.17, 15) is 4.79 Å². The van der Waals surface area contributed by atoms with Gasteiger partial charge in [-0.05, 0) is 31.9 Å². The van der Waals surface area contributed by atoms with Crippen LogP contribution in [0.1, 0.15) is 29.5 Å². The van der Waals surface area contributed by atoms with Crippen molar-refractivity contribution in [1.29, 1.82) is 0 Å². The average Bonchev–Trinajstić information content (AvgIpc) is 2.89. The molecular weight excluding hydrogens is 290 g/mol. The molecule has 0 saturated heterocycles. The highest BCUT2D eigenvalue weighted by atomic mass is 16.5. The van der Waals surface area contributed by atoms with E-state index in [0.717, 1.165) is 28.1 Å². The summed E-state index contributed by atoms with van der Waals surface area (Å²) in [5.41, 5.74) is 4.11. The molecule has 5 heteroatoms. The minimum Gasteiger partial charge on any atom is -0.361 e. The second-order valence-corrected chi connectivity index (χ2v) is 5.56. The smallest absolute Gasteiger partial charge is 0.270 e. The largest absolute Gasteiger partial charge is 0.361 e. The van der Waals surface area contributed by atoms with Crippen LogP contribution in [0.4, 0.5) is 0 Å². The number of aromatic nitrogens is 3. The van der Waals surface area contributed by atoms with Gasteiger partial charge in [0, 0.05) is 5.56 Å². The number of hydrogen-bond donors (Lipinski definition) is 0. The van der Waals surface area contributed by atoms with Gasteiger partial charge in [-0.2, -0.15) is 5.10 Å². The van der Waals surface area contributed by atoms with Crippen molar-refractivity contribution < 1.29 is 4.52 Å². The van der Waals surface area contributed by atoms with E-state index in [0.29, 0.717) is 18.7 Å². The summed E-state index contributed by atoms with van der Waals surface area (Å²) >= 11 is 0. The molecule has 118 valence electrons. The molecule has 0 saturated carbocycles. The Morgan fingerprint density at radius 2 is 1.91 bits per heavy atom. The van der Waals surface area contributed by atoms with Crippen LogP contribution in [0.2, 0.25) is 0 Å². The Kier molecular flexibility index (Phi) is 4.10. The van der Waals surface area contributed by atoms with Crippen molar-refractivity contribution in [3.05, 3.63) is 69.3 Å². The molecule has 1 aromatic carbocycles. The second-order valence-electron chi connectivity index (χ2n) is 5.56. The Bertz CT molecular complexity index is 860. The highest BCUT2D eigenvalue weighted by molar-refractivity contribution is 5.63. The third-order valence-corrected chi connectivity index (χ3v) is 3.89. The Morgan fingerprint density at radius 3 is 2.52 bits per heavy atom. The lowest BCUT2D eigenvalue weighted by atomic mass is 10.1. The van der Waals surface area contributed by atoms with Gasteiger partial charge in [-0.3, -0.25) is 4.79 Å². The number of rotatable bonds is 4. The molecule has 2 aromatic heterocycles. The molecule has 0 amide bonds. The highest BCUT2D eigenvalue weighted by Crippen LogP contribution is 2.24. The summed E-state index contributed by atoms with van der Waals surface area (Å²) < 4.78 is 6.76. The monoisotopic (exact) mass is 309 g/mol. The summed E-state index contributed by atoms with van der Waals surface area (Å²) in [4.78, 5) is 12.6. The zero-order valence-corrected chi connectivity index (χ0v) is 13.5. The van der Waals surface area contributed by atoms with Gasteiger partial charge in [0.05, 0.1) is 23.5 Å². The van der Waals surface area contributed by atoms with Crippen LogP contribution in [-0.4, -0.2) is 14.9 Å². The fourth-order valence-corrected chi connectivity index (χ4v) is 2.68. The first kappa shape index (κ1) is 15.2. The molecule has 3 rings (SSSR count). The summed E-state index contributed by atoms with van der Waals surface area (Å²) in [6.07, 6.45) is 0.659. The van der Waals surface area contributed by atoms with Crippen LogP contribution in [0.15, 0.2) is 45.7 Å². The van der Waals surface area contributed by atoms with Crippen molar-refractivity contribution in [2.45, 2.75) is 33.7 Å². The predicted octanol–water partition coefficient (Wildman–Crippen LogP) is 3.13. The highest BCUT2D eigenvalue weighted by Gasteiger charge is 2.16. The normalized spacial score (nSPS) is 10.9. The van der Waals surface area contributed by atoms with Crippen molar-refractivity contribution in [1.82, 2.24) is 14.9 Å². The summed E-state index contributed by atoms with van der Waals surface area (Å²) in [5.74, 6) is 0.710. The zero-order valence-electron chi connectivity index (χ0n) is 13.5. The van der Waals surface area contributed by atoms with Crippen LogP contribution in [0.5, 0.6) is 0 Å². The molecule has 2 heterocycles. The Morgan fingerprint density at radius 1 is 1.17 bits per heavy atom. The third kappa shape index (κ3) is 2.95. The van der Waals surface area contributed by atoms with E-state index in [-0.39, 0.29) is 5.56 Å². The first-order chi connectivity index (χ1) is 11.1. The molecule has 0 radical (unpaired) electrons. The molecule has 23 heavy (non-hydrogen) atoms.